The quantitative estimate of drug-likeness (QED) is 0.840. The molecule has 2 rings (SSSR count). The van der Waals surface area contributed by atoms with Gasteiger partial charge in [0, 0.05) is 13.1 Å². The molecule has 0 amide bonds. The lowest BCUT2D eigenvalue weighted by atomic mass is 9.98. The molecule has 1 aliphatic carbocycles. The SMILES string of the molecule is CNc1ccccc1S(=O)(=O)NC1CCCCCC1C. The van der Waals surface area contributed by atoms with Crippen LogP contribution in [0.2, 0.25) is 0 Å². The van der Waals surface area contributed by atoms with Gasteiger partial charge in [-0.05, 0) is 30.9 Å². The first-order valence-electron chi connectivity index (χ1n) is 7.33. The van der Waals surface area contributed by atoms with E-state index in [1.54, 1.807) is 25.2 Å². The number of para-hydroxylation sites is 1. The summed E-state index contributed by atoms with van der Waals surface area (Å²) >= 11 is 0. The first-order valence-corrected chi connectivity index (χ1v) is 8.82. The number of sulfonamides is 1. The Bertz CT molecular complexity index is 543. The monoisotopic (exact) mass is 296 g/mol. The van der Waals surface area contributed by atoms with Crippen molar-refractivity contribution in [3.63, 3.8) is 0 Å². The zero-order chi connectivity index (χ0) is 14.6. The Balaban J connectivity index is 2.22. The third-order valence-corrected chi connectivity index (χ3v) is 5.66. The van der Waals surface area contributed by atoms with Crippen LogP contribution in [0.25, 0.3) is 0 Å². The minimum atomic E-state index is -3.46. The van der Waals surface area contributed by atoms with Gasteiger partial charge in [-0.2, -0.15) is 0 Å². The van der Waals surface area contributed by atoms with Crippen LogP contribution >= 0.6 is 0 Å². The maximum absolute atomic E-state index is 12.6. The summed E-state index contributed by atoms with van der Waals surface area (Å²) < 4.78 is 28.1. The summed E-state index contributed by atoms with van der Waals surface area (Å²) in [5.41, 5.74) is 0.640. The molecule has 0 bridgehead atoms. The number of hydrogen-bond donors (Lipinski definition) is 2. The number of benzene rings is 1. The van der Waals surface area contributed by atoms with Gasteiger partial charge in [0.2, 0.25) is 10.0 Å². The predicted molar refractivity (Wildman–Crippen MR) is 82.3 cm³/mol. The lowest BCUT2D eigenvalue weighted by Crippen LogP contribution is -2.39. The van der Waals surface area contributed by atoms with Crippen LogP contribution in [0, 0.1) is 5.92 Å². The fourth-order valence-corrected chi connectivity index (χ4v) is 4.43. The topological polar surface area (TPSA) is 58.2 Å². The van der Waals surface area contributed by atoms with Crippen molar-refractivity contribution in [3.05, 3.63) is 24.3 Å². The Morgan fingerprint density at radius 2 is 1.80 bits per heavy atom. The molecule has 0 aliphatic heterocycles. The molecule has 20 heavy (non-hydrogen) atoms. The summed E-state index contributed by atoms with van der Waals surface area (Å²) in [7, 11) is -1.73. The molecule has 2 N–H and O–H groups in total. The zero-order valence-corrected chi connectivity index (χ0v) is 13.0. The van der Waals surface area contributed by atoms with Gasteiger partial charge in [0.05, 0.1) is 5.69 Å². The van der Waals surface area contributed by atoms with Gasteiger partial charge in [-0.3, -0.25) is 0 Å². The first-order chi connectivity index (χ1) is 9.54. The van der Waals surface area contributed by atoms with Crippen LogP contribution in [0.4, 0.5) is 5.69 Å². The van der Waals surface area contributed by atoms with Gasteiger partial charge in [0.25, 0.3) is 0 Å². The van der Waals surface area contributed by atoms with E-state index in [2.05, 4.69) is 17.0 Å². The summed E-state index contributed by atoms with van der Waals surface area (Å²) in [6.45, 7) is 2.14. The van der Waals surface area contributed by atoms with Crippen LogP contribution in [0.1, 0.15) is 39.0 Å². The molecule has 2 unspecified atom stereocenters. The van der Waals surface area contributed by atoms with Crippen molar-refractivity contribution in [1.82, 2.24) is 4.72 Å². The molecule has 112 valence electrons. The predicted octanol–water partition coefficient (Wildman–Crippen LogP) is 2.98. The minimum absolute atomic E-state index is 0.0485. The Hall–Kier alpha value is -1.07. The van der Waals surface area contributed by atoms with E-state index in [1.807, 2.05) is 6.07 Å². The van der Waals surface area contributed by atoms with E-state index < -0.39 is 10.0 Å². The summed E-state index contributed by atoms with van der Waals surface area (Å²) in [4.78, 5) is 0.332. The smallest absolute Gasteiger partial charge is 0.242 e. The van der Waals surface area contributed by atoms with Crippen LogP contribution in [0.15, 0.2) is 29.2 Å². The van der Waals surface area contributed by atoms with Gasteiger partial charge >= 0.3 is 0 Å². The van der Waals surface area contributed by atoms with Crippen LogP contribution in [-0.4, -0.2) is 21.5 Å². The van der Waals surface area contributed by atoms with E-state index in [0.29, 0.717) is 16.5 Å². The molecule has 0 aromatic heterocycles. The summed E-state index contributed by atoms with van der Waals surface area (Å²) in [5.74, 6) is 0.397. The van der Waals surface area contributed by atoms with Crippen LogP contribution in [-0.2, 0) is 10.0 Å². The Labute approximate surface area is 122 Å². The van der Waals surface area contributed by atoms with Crippen LogP contribution < -0.4 is 10.0 Å². The molecule has 2 atom stereocenters. The Kier molecular flexibility index (Phi) is 5.05. The van der Waals surface area contributed by atoms with Crippen LogP contribution in [0.5, 0.6) is 0 Å². The Morgan fingerprint density at radius 1 is 1.10 bits per heavy atom. The van der Waals surface area contributed by atoms with Crippen molar-refractivity contribution in [3.8, 4) is 0 Å². The molecular formula is C15H24N2O2S. The average Bonchev–Trinajstić information content (AvgIpc) is 2.64. The van der Waals surface area contributed by atoms with Crippen LogP contribution in [0.3, 0.4) is 0 Å². The lowest BCUT2D eigenvalue weighted by molar-refractivity contribution is 0.399. The fourth-order valence-electron chi connectivity index (χ4n) is 2.84. The maximum atomic E-state index is 12.6. The van der Waals surface area contributed by atoms with E-state index in [1.165, 1.54) is 12.8 Å². The van der Waals surface area contributed by atoms with Crippen molar-refractivity contribution >= 4 is 15.7 Å². The lowest BCUT2D eigenvalue weighted by Gasteiger charge is -2.23. The van der Waals surface area contributed by atoms with E-state index in [4.69, 9.17) is 0 Å². The van der Waals surface area contributed by atoms with E-state index in [9.17, 15) is 8.42 Å². The largest absolute Gasteiger partial charge is 0.387 e. The standard InChI is InChI=1S/C15H24N2O2S/c1-12-8-4-3-5-9-13(12)17-20(18,19)15-11-7-6-10-14(15)16-2/h6-7,10-13,16-17H,3-5,8-9H2,1-2H3. The molecule has 0 spiro atoms. The van der Waals surface area contributed by atoms with Crippen molar-refractivity contribution in [2.45, 2.75) is 50.0 Å². The van der Waals surface area contributed by atoms with E-state index in [0.717, 1.165) is 19.3 Å². The number of anilines is 1. The molecule has 1 aromatic carbocycles. The summed E-state index contributed by atoms with van der Waals surface area (Å²) in [6.07, 6.45) is 5.54. The van der Waals surface area contributed by atoms with Crippen molar-refractivity contribution in [2.24, 2.45) is 5.92 Å². The molecule has 1 fully saturated rings. The number of nitrogens with one attached hydrogen (secondary N) is 2. The second kappa shape index (κ2) is 6.59. The Morgan fingerprint density at radius 3 is 2.55 bits per heavy atom. The van der Waals surface area contributed by atoms with Gasteiger partial charge in [0.15, 0.2) is 0 Å². The van der Waals surface area contributed by atoms with Gasteiger partial charge < -0.3 is 5.32 Å². The van der Waals surface area contributed by atoms with E-state index in [-0.39, 0.29) is 6.04 Å². The average molecular weight is 296 g/mol. The second-order valence-electron chi connectivity index (χ2n) is 5.59. The third kappa shape index (κ3) is 3.52. The molecule has 0 saturated heterocycles. The molecule has 1 aromatic rings. The zero-order valence-electron chi connectivity index (χ0n) is 12.2. The molecule has 1 aliphatic rings. The number of rotatable bonds is 4. The van der Waals surface area contributed by atoms with Crippen molar-refractivity contribution in [1.29, 1.82) is 0 Å². The van der Waals surface area contributed by atoms with E-state index >= 15 is 0 Å². The minimum Gasteiger partial charge on any atom is -0.387 e. The molecule has 0 heterocycles. The molecular weight excluding hydrogens is 272 g/mol. The highest BCUT2D eigenvalue weighted by Gasteiger charge is 2.26. The third-order valence-electron chi connectivity index (χ3n) is 4.11. The highest BCUT2D eigenvalue weighted by molar-refractivity contribution is 7.89. The normalized spacial score (nSPS) is 24.1. The summed E-state index contributed by atoms with van der Waals surface area (Å²) in [6, 6.07) is 7.07. The molecule has 5 heteroatoms. The van der Waals surface area contributed by atoms with Crippen molar-refractivity contribution in [2.75, 3.05) is 12.4 Å². The van der Waals surface area contributed by atoms with Gasteiger partial charge in [0.1, 0.15) is 4.90 Å². The van der Waals surface area contributed by atoms with Gasteiger partial charge in [-0.25, -0.2) is 13.1 Å². The molecule has 4 nitrogen and oxygen atoms in total. The first kappa shape index (κ1) is 15.3. The van der Waals surface area contributed by atoms with Gasteiger partial charge in [-0.15, -0.1) is 0 Å². The highest BCUT2D eigenvalue weighted by atomic mass is 32.2. The molecule has 0 radical (unpaired) electrons. The maximum Gasteiger partial charge on any atom is 0.242 e. The van der Waals surface area contributed by atoms with Gasteiger partial charge in [-0.1, -0.05) is 38.3 Å². The second-order valence-corrected chi connectivity index (χ2v) is 7.27. The highest BCUT2D eigenvalue weighted by Crippen LogP contribution is 2.26. The fraction of sp³-hybridized carbons (Fsp3) is 0.600. The number of hydrogen-bond acceptors (Lipinski definition) is 3. The van der Waals surface area contributed by atoms with Crippen molar-refractivity contribution < 1.29 is 8.42 Å². The summed E-state index contributed by atoms with van der Waals surface area (Å²) in [5, 5.41) is 2.94. The molecule has 1 saturated carbocycles.